The van der Waals surface area contributed by atoms with Gasteiger partial charge in [-0.1, -0.05) is 48.5 Å². The summed E-state index contributed by atoms with van der Waals surface area (Å²) in [5.41, 5.74) is 4.40. The number of carbonyl (C=O) groups is 1. The summed E-state index contributed by atoms with van der Waals surface area (Å²) >= 11 is 0. The van der Waals surface area contributed by atoms with Crippen LogP contribution >= 0.6 is 0 Å². The van der Waals surface area contributed by atoms with Crippen LogP contribution in [-0.2, 0) is 11.2 Å². The van der Waals surface area contributed by atoms with Gasteiger partial charge in [-0.25, -0.2) is 4.39 Å². The van der Waals surface area contributed by atoms with Crippen LogP contribution in [0.1, 0.15) is 41.1 Å². The van der Waals surface area contributed by atoms with Crippen molar-refractivity contribution in [2.24, 2.45) is 0 Å². The summed E-state index contributed by atoms with van der Waals surface area (Å²) in [6, 6.07) is 22.2. The standard InChI is InChI=1S/C27H27FN4O2/c1-17(27(33)34)19-10-11-22(28)20(14-19)12-13-30-25(18-6-3-2-4-7-18)24-16-31-23-9-5-8-21(15-29)26(23)32-24/h2-11,14,17,24-25,30-32H,12-13,16H2,1H3,(H,33,34)/t17-,24+,25+/m0/s1. The van der Waals surface area contributed by atoms with E-state index in [1.54, 1.807) is 19.1 Å². The van der Waals surface area contributed by atoms with E-state index in [2.05, 4.69) is 22.0 Å². The smallest absolute Gasteiger partial charge is 0.310 e. The molecule has 0 radical (unpaired) electrons. The number of fused-ring (bicyclic) bond motifs is 1. The third kappa shape index (κ3) is 5.03. The third-order valence-corrected chi connectivity index (χ3v) is 6.29. The molecule has 4 rings (SSSR count). The molecule has 0 spiro atoms. The van der Waals surface area contributed by atoms with E-state index in [1.165, 1.54) is 12.1 Å². The van der Waals surface area contributed by atoms with Crippen molar-refractivity contribution in [2.45, 2.75) is 31.3 Å². The molecule has 3 atom stereocenters. The van der Waals surface area contributed by atoms with Crippen molar-refractivity contribution >= 4 is 17.3 Å². The van der Waals surface area contributed by atoms with Crippen LogP contribution in [0.4, 0.5) is 15.8 Å². The van der Waals surface area contributed by atoms with Gasteiger partial charge in [0.1, 0.15) is 11.9 Å². The number of nitrogens with zero attached hydrogens (tertiary/aromatic N) is 1. The van der Waals surface area contributed by atoms with Crippen molar-refractivity contribution in [3.05, 3.63) is 94.8 Å². The number of rotatable bonds is 8. The van der Waals surface area contributed by atoms with Crippen LogP contribution in [0.15, 0.2) is 66.7 Å². The van der Waals surface area contributed by atoms with Crippen LogP contribution in [0.3, 0.4) is 0 Å². The Hall–Kier alpha value is -3.89. The number of nitrogens with one attached hydrogen (secondary N) is 3. The molecule has 3 aromatic carbocycles. The summed E-state index contributed by atoms with van der Waals surface area (Å²) in [6.45, 7) is 2.73. The van der Waals surface area contributed by atoms with E-state index in [1.807, 2.05) is 42.5 Å². The lowest BCUT2D eigenvalue weighted by molar-refractivity contribution is -0.138. The zero-order valence-corrected chi connectivity index (χ0v) is 18.9. The van der Waals surface area contributed by atoms with Gasteiger partial charge in [-0.15, -0.1) is 0 Å². The molecule has 174 valence electrons. The number of nitriles is 1. The minimum absolute atomic E-state index is 0.0485. The second kappa shape index (κ2) is 10.4. The van der Waals surface area contributed by atoms with Crippen molar-refractivity contribution in [2.75, 3.05) is 23.7 Å². The molecule has 0 saturated heterocycles. The quantitative estimate of drug-likeness (QED) is 0.392. The maximum absolute atomic E-state index is 14.5. The van der Waals surface area contributed by atoms with Crippen LogP contribution in [0, 0.1) is 17.1 Å². The highest BCUT2D eigenvalue weighted by atomic mass is 19.1. The number of benzene rings is 3. The summed E-state index contributed by atoms with van der Waals surface area (Å²) in [7, 11) is 0. The third-order valence-electron chi connectivity index (χ3n) is 6.29. The normalized spacial score (nSPS) is 16.3. The average molecular weight is 459 g/mol. The monoisotopic (exact) mass is 458 g/mol. The molecule has 0 bridgehead atoms. The van der Waals surface area contributed by atoms with Crippen LogP contribution in [0.2, 0.25) is 0 Å². The van der Waals surface area contributed by atoms with E-state index in [-0.39, 0.29) is 17.9 Å². The van der Waals surface area contributed by atoms with Crippen molar-refractivity contribution < 1.29 is 14.3 Å². The predicted molar refractivity (Wildman–Crippen MR) is 130 cm³/mol. The van der Waals surface area contributed by atoms with Crippen LogP contribution < -0.4 is 16.0 Å². The minimum atomic E-state index is -0.937. The number of para-hydroxylation sites is 1. The Bertz CT molecular complexity index is 1210. The molecule has 4 N–H and O–H groups in total. The van der Waals surface area contributed by atoms with Crippen molar-refractivity contribution in [1.29, 1.82) is 5.26 Å². The molecule has 1 aliphatic heterocycles. The van der Waals surface area contributed by atoms with Crippen molar-refractivity contribution in [3.63, 3.8) is 0 Å². The zero-order chi connectivity index (χ0) is 24.1. The fourth-order valence-electron chi connectivity index (χ4n) is 4.32. The Balaban J connectivity index is 1.52. The average Bonchev–Trinajstić information content (AvgIpc) is 2.87. The number of aliphatic carboxylic acids is 1. The van der Waals surface area contributed by atoms with Crippen molar-refractivity contribution in [3.8, 4) is 6.07 Å². The summed E-state index contributed by atoms with van der Waals surface area (Å²) in [6.07, 6.45) is 0.412. The molecule has 7 heteroatoms. The number of halogens is 1. The van der Waals surface area contributed by atoms with E-state index in [9.17, 15) is 19.6 Å². The van der Waals surface area contributed by atoms with Crippen LogP contribution in [0.25, 0.3) is 0 Å². The first kappa shape index (κ1) is 23.3. The van der Waals surface area contributed by atoms with Crippen LogP contribution in [-0.4, -0.2) is 30.2 Å². The summed E-state index contributed by atoms with van der Waals surface area (Å²) in [5.74, 6) is -1.98. The SMILES string of the molecule is C[C@H](C(=O)O)c1ccc(F)c(CCN[C@H](c2ccccc2)[C@H]2CNc3cccc(C#N)c3N2)c1. The highest BCUT2D eigenvalue weighted by Crippen LogP contribution is 2.33. The van der Waals surface area contributed by atoms with Gasteiger partial charge in [0.25, 0.3) is 0 Å². The summed E-state index contributed by atoms with van der Waals surface area (Å²) in [5, 5.41) is 29.3. The van der Waals surface area contributed by atoms with Crippen LogP contribution in [0.5, 0.6) is 0 Å². The van der Waals surface area contributed by atoms with E-state index >= 15 is 0 Å². The number of anilines is 2. The van der Waals surface area contributed by atoms with Gasteiger partial charge < -0.3 is 21.1 Å². The Kier molecular flexibility index (Phi) is 7.09. The first-order valence-corrected chi connectivity index (χ1v) is 11.3. The van der Waals surface area contributed by atoms with E-state index in [0.717, 1.165) is 16.9 Å². The molecule has 0 fully saturated rings. The van der Waals surface area contributed by atoms with E-state index in [0.29, 0.717) is 36.2 Å². The van der Waals surface area contributed by atoms with Gasteiger partial charge in [-0.3, -0.25) is 4.79 Å². The molecular weight excluding hydrogens is 431 g/mol. The number of hydrogen-bond donors (Lipinski definition) is 4. The Morgan fingerprint density at radius 2 is 1.97 bits per heavy atom. The lowest BCUT2D eigenvalue weighted by atomic mass is 9.95. The fourth-order valence-corrected chi connectivity index (χ4v) is 4.32. The second-order valence-corrected chi connectivity index (χ2v) is 8.47. The molecule has 0 aliphatic carbocycles. The molecule has 0 amide bonds. The van der Waals surface area contributed by atoms with E-state index < -0.39 is 11.9 Å². The maximum atomic E-state index is 14.5. The topological polar surface area (TPSA) is 97.2 Å². The van der Waals surface area contributed by atoms with Gasteiger partial charge in [-0.2, -0.15) is 5.26 Å². The van der Waals surface area contributed by atoms with Gasteiger partial charge in [-0.05, 0) is 54.8 Å². The molecule has 34 heavy (non-hydrogen) atoms. The highest BCUT2D eigenvalue weighted by Gasteiger charge is 2.28. The molecule has 0 aromatic heterocycles. The molecule has 0 saturated carbocycles. The molecule has 1 aliphatic rings. The minimum Gasteiger partial charge on any atom is -0.481 e. The number of hydrogen-bond acceptors (Lipinski definition) is 5. The lowest BCUT2D eigenvalue weighted by Crippen LogP contribution is -2.44. The Labute approximate surface area is 198 Å². The molecule has 6 nitrogen and oxygen atoms in total. The maximum Gasteiger partial charge on any atom is 0.310 e. The first-order valence-electron chi connectivity index (χ1n) is 11.3. The Morgan fingerprint density at radius 3 is 2.71 bits per heavy atom. The lowest BCUT2D eigenvalue weighted by Gasteiger charge is -2.35. The summed E-state index contributed by atoms with van der Waals surface area (Å²) in [4.78, 5) is 11.3. The number of carboxylic acid groups (broad SMARTS) is 1. The van der Waals surface area contributed by atoms with Gasteiger partial charge in [0.15, 0.2) is 0 Å². The molecule has 3 aromatic rings. The fraction of sp³-hybridized carbons (Fsp3) is 0.259. The molecule has 0 unspecified atom stereocenters. The van der Waals surface area contributed by atoms with E-state index in [4.69, 9.17) is 0 Å². The Morgan fingerprint density at radius 1 is 1.18 bits per heavy atom. The summed E-state index contributed by atoms with van der Waals surface area (Å²) < 4.78 is 14.5. The zero-order valence-electron chi connectivity index (χ0n) is 18.9. The van der Waals surface area contributed by atoms with Gasteiger partial charge >= 0.3 is 5.97 Å². The van der Waals surface area contributed by atoms with Crippen molar-refractivity contribution in [1.82, 2.24) is 5.32 Å². The van der Waals surface area contributed by atoms with Gasteiger partial charge in [0.2, 0.25) is 0 Å². The molecular formula is C27H27FN4O2. The largest absolute Gasteiger partial charge is 0.481 e. The predicted octanol–water partition coefficient (Wildman–Crippen LogP) is 4.67. The van der Waals surface area contributed by atoms with Gasteiger partial charge in [0, 0.05) is 6.54 Å². The first-order chi connectivity index (χ1) is 16.5. The second-order valence-electron chi connectivity index (χ2n) is 8.47. The number of carboxylic acids is 1. The van der Waals surface area contributed by atoms with Gasteiger partial charge in [0.05, 0.1) is 34.9 Å². The highest BCUT2D eigenvalue weighted by molar-refractivity contribution is 5.77. The molecule has 1 heterocycles.